The maximum absolute atomic E-state index is 3.90. The molecule has 4 N–H and O–H groups in total. The Hall–Kier alpha value is -3.92. The van der Waals surface area contributed by atoms with Gasteiger partial charge in [-0.25, -0.2) is 0 Å². The van der Waals surface area contributed by atoms with Gasteiger partial charge in [0.2, 0.25) is 0 Å². The van der Waals surface area contributed by atoms with Crippen molar-refractivity contribution in [2.24, 2.45) is 11.8 Å². The van der Waals surface area contributed by atoms with Gasteiger partial charge < -0.3 is 21.3 Å². The minimum absolute atomic E-state index is 0.367. The molecule has 4 nitrogen and oxygen atoms in total. The highest BCUT2D eigenvalue weighted by atomic mass is 15.0. The lowest BCUT2D eigenvalue weighted by Crippen LogP contribution is -2.45. The van der Waals surface area contributed by atoms with Crippen LogP contribution in [0, 0.1) is 11.8 Å². The van der Waals surface area contributed by atoms with Crippen molar-refractivity contribution in [3.8, 4) is 0 Å². The molecule has 0 aromatic heterocycles. The van der Waals surface area contributed by atoms with E-state index in [-0.39, 0.29) is 0 Å². The van der Waals surface area contributed by atoms with Crippen molar-refractivity contribution in [3.63, 3.8) is 0 Å². The van der Waals surface area contributed by atoms with Crippen LogP contribution in [0.5, 0.6) is 0 Å². The van der Waals surface area contributed by atoms with E-state index in [9.17, 15) is 0 Å². The standard InChI is InChI=1S/C36H42N4/c1-23(2)39-33-19-11-9-17-31(33)37-21-29-30(22-38-32-18-10-12-20-34(32)40-24(3)4)36-27-15-7-5-13-25(27)35(29)26-14-6-8-16-28(26)36/h5-20,23-24,29-30,35-40H,21-22H2,1-4H3. The maximum Gasteiger partial charge on any atom is 0.0577 e. The third-order valence-electron chi connectivity index (χ3n) is 8.54. The Labute approximate surface area is 239 Å². The van der Waals surface area contributed by atoms with E-state index in [1.54, 1.807) is 0 Å². The highest BCUT2D eigenvalue weighted by Gasteiger charge is 2.49. The van der Waals surface area contributed by atoms with Crippen molar-refractivity contribution in [1.29, 1.82) is 0 Å². The zero-order chi connectivity index (χ0) is 27.6. The summed E-state index contributed by atoms with van der Waals surface area (Å²) in [6.45, 7) is 10.6. The predicted octanol–water partition coefficient (Wildman–Crippen LogP) is 8.37. The zero-order valence-electron chi connectivity index (χ0n) is 24.1. The molecule has 0 saturated heterocycles. The van der Waals surface area contributed by atoms with Gasteiger partial charge in [0.05, 0.1) is 22.7 Å². The van der Waals surface area contributed by atoms with Crippen molar-refractivity contribution >= 4 is 22.7 Å². The molecular formula is C36H42N4. The van der Waals surface area contributed by atoms with Gasteiger partial charge in [-0.1, -0.05) is 72.8 Å². The van der Waals surface area contributed by atoms with E-state index in [1.165, 1.54) is 45.0 Å². The van der Waals surface area contributed by atoms with Gasteiger partial charge in [0.25, 0.3) is 0 Å². The average Bonchev–Trinajstić information content (AvgIpc) is 2.96. The molecule has 3 aliphatic carbocycles. The lowest BCUT2D eigenvalue weighted by Gasteiger charge is -2.51. The Balaban J connectivity index is 1.36. The van der Waals surface area contributed by atoms with E-state index in [4.69, 9.17) is 0 Å². The van der Waals surface area contributed by atoms with Crippen LogP contribution in [0.4, 0.5) is 22.7 Å². The predicted molar refractivity (Wildman–Crippen MR) is 171 cm³/mol. The number of para-hydroxylation sites is 4. The maximum atomic E-state index is 3.90. The van der Waals surface area contributed by atoms with E-state index in [1.807, 2.05) is 0 Å². The molecule has 4 aromatic rings. The number of hydrogen-bond acceptors (Lipinski definition) is 4. The van der Waals surface area contributed by atoms with Crippen molar-refractivity contribution in [2.75, 3.05) is 34.4 Å². The first-order valence-corrected chi connectivity index (χ1v) is 14.9. The Morgan fingerprint density at radius 3 is 1.07 bits per heavy atom. The van der Waals surface area contributed by atoms with Crippen molar-refractivity contribution in [1.82, 2.24) is 0 Å². The monoisotopic (exact) mass is 530 g/mol. The number of rotatable bonds is 10. The van der Waals surface area contributed by atoms with E-state index >= 15 is 0 Å². The van der Waals surface area contributed by atoms with Crippen LogP contribution in [0.15, 0.2) is 97.1 Å². The highest BCUT2D eigenvalue weighted by molar-refractivity contribution is 5.70. The Morgan fingerprint density at radius 2 is 0.750 bits per heavy atom. The van der Waals surface area contributed by atoms with E-state index in [0.717, 1.165) is 13.1 Å². The van der Waals surface area contributed by atoms with Gasteiger partial charge in [-0.2, -0.15) is 0 Å². The van der Waals surface area contributed by atoms with Gasteiger partial charge in [-0.15, -0.1) is 0 Å². The van der Waals surface area contributed by atoms with E-state index in [0.29, 0.717) is 35.8 Å². The molecular weight excluding hydrogens is 488 g/mol. The molecule has 0 saturated carbocycles. The van der Waals surface area contributed by atoms with Crippen LogP contribution in [0.3, 0.4) is 0 Å². The first-order valence-electron chi connectivity index (χ1n) is 14.9. The van der Waals surface area contributed by atoms with Gasteiger partial charge in [0.1, 0.15) is 0 Å². The minimum atomic E-state index is 0.367. The molecule has 0 fully saturated rings. The molecule has 0 spiro atoms. The molecule has 0 heterocycles. The van der Waals surface area contributed by atoms with Crippen LogP contribution >= 0.6 is 0 Å². The van der Waals surface area contributed by atoms with Crippen LogP contribution in [0.25, 0.3) is 0 Å². The van der Waals surface area contributed by atoms with Gasteiger partial charge >= 0.3 is 0 Å². The quantitative estimate of drug-likeness (QED) is 0.166. The normalized spacial score (nSPS) is 20.6. The number of benzene rings is 4. The largest absolute Gasteiger partial charge is 0.383 e. The summed E-state index contributed by atoms with van der Waals surface area (Å²) < 4.78 is 0. The Kier molecular flexibility index (Phi) is 7.42. The van der Waals surface area contributed by atoms with Crippen molar-refractivity contribution in [3.05, 3.63) is 119 Å². The molecule has 4 aromatic carbocycles. The third kappa shape index (κ3) is 5.03. The van der Waals surface area contributed by atoms with Crippen LogP contribution < -0.4 is 21.3 Å². The second-order valence-electron chi connectivity index (χ2n) is 12.0. The van der Waals surface area contributed by atoms with Gasteiger partial charge in [0.15, 0.2) is 0 Å². The molecule has 2 unspecified atom stereocenters. The number of anilines is 4. The minimum Gasteiger partial charge on any atom is -0.383 e. The SMILES string of the molecule is CC(C)Nc1ccccc1NCC1C2c3ccccc3C(c3ccccc32)C1CNc1ccccc1NC(C)C. The van der Waals surface area contributed by atoms with Gasteiger partial charge in [-0.3, -0.25) is 0 Å². The fourth-order valence-corrected chi connectivity index (χ4v) is 7.05. The van der Waals surface area contributed by atoms with Crippen LogP contribution in [0.1, 0.15) is 61.8 Å². The molecule has 2 bridgehead atoms. The zero-order valence-corrected chi connectivity index (χ0v) is 24.1. The molecule has 0 amide bonds. The molecule has 7 rings (SSSR count). The fraction of sp³-hybridized carbons (Fsp3) is 0.333. The second-order valence-corrected chi connectivity index (χ2v) is 12.0. The third-order valence-corrected chi connectivity index (χ3v) is 8.54. The fourth-order valence-electron chi connectivity index (χ4n) is 7.05. The van der Waals surface area contributed by atoms with Crippen LogP contribution in [0.2, 0.25) is 0 Å². The summed E-state index contributed by atoms with van der Waals surface area (Å²) in [5.74, 6) is 1.62. The Morgan fingerprint density at radius 1 is 0.450 bits per heavy atom. The molecule has 2 atom stereocenters. The molecule has 0 aliphatic heterocycles. The highest BCUT2D eigenvalue weighted by Crippen LogP contribution is 2.58. The van der Waals surface area contributed by atoms with E-state index in [2.05, 4.69) is 146 Å². The van der Waals surface area contributed by atoms with Crippen LogP contribution in [-0.4, -0.2) is 25.2 Å². The number of fused-ring (bicyclic) bond motifs is 1. The molecule has 206 valence electrons. The number of nitrogens with one attached hydrogen (secondary N) is 4. The molecule has 0 radical (unpaired) electrons. The topological polar surface area (TPSA) is 48.1 Å². The van der Waals surface area contributed by atoms with Crippen molar-refractivity contribution in [2.45, 2.75) is 51.6 Å². The first kappa shape index (κ1) is 26.3. The summed E-state index contributed by atoms with van der Waals surface area (Å²) >= 11 is 0. The summed E-state index contributed by atoms with van der Waals surface area (Å²) in [6.07, 6.45) is 0. The molecule has 3 aliphatic rings. The van der Waals surface area contributed by atoms with Crippen LogP contribution in [-0.2, 0) is 0 Å². The van der Waals surface area contributed by atoms with Crippen molar-refractivity contribution < 1.29 is 0 Å². The van der Waals surface area contributed by atoms with E-state index < -0.39 is 0 Å². The molecule has 4 heteroatoms. The smallest absolute Gasteiger partial charge is 0.0577 e. The summed E-state index contributed by atoms with van der Waals surface area (Å²) in [7, 11) is 0. The average molecular weight is 531 g/mol. The summed E-state index contributed by atoms with van der Waals surface area (Å²) in [5, 5.41) is 15.0. The second kappa shape index (κ2) is 11.3. The molecule has 40 heavy (non-hydrogen) atoms. The lowest BCUT2D eigenvalue weighted by atomic mass is 9.54. The lowest BCUT2D eigenvalue weighted by molar-refractivity contribution is 0.253. The first-order chi connectivity index (χ1) is 19.5. The summed E-state index contributed by atoms with van der Waals surface area (Å²) in [6, 6.07) is 36.4. The van der Waals surface area contributed by atoms with Gasteiger partial charge in [-0.05, 0) is 86.1 Å². The Bertz CT molecular complexity index is 1300. The number of hydrogen-bond donors (Lipinski definition) is 4. The summed E-state index contributed by atoms with van der Waals surface area (Å²) in [5.41, 5.74) is 10.7. The summed E-state index contributed by atoms with van der Waals surface area (Å²) in [4.78, 5) is 0. The van der Waals surface area contributed by atoms with Gasteiger partial charge in [0, 0.05) is 37.0 Å².